The Morgan fingerprint density at radius 3 is 2.70 bits per heavy atom. The predicted octanol–water partition coefficient (Wildman–Crippen LogP) is 6.71. The lowest BCUT2D eigenvalue weighted by Crippen LogP contribution is -2.29. The number of benzene rings is 3. The summed E-state index contributed by atoms with van der Waals surface area (Å²) in [6.45, 7) is 4.53. The molecule has 2 unspecified atom stereocenters. The van der Waals surface area contributed by atoms with Crippen LogP contribution in [-0.4, -0.2) is 39.7 Å². The molecule has 43 heavy (non-hydrogen) atoms. The van der Waals surface area contributed by atoms with Gasteiger partial charge in [0.2, 0.25) is 5.13 Å². The molecule has 0 radical (unpaired) electrons. The molecule has 3 heterocycles. The standard InChI is InChI=1S/C32H28FN3O5S2/c1-3-14-40-23-11-8-19(9-12-23)27-26(28(37)20-10-13-25-22(16-20)15-18(2)41-25)29(38)30(39)36(27)31-34-35-32(43-31)42-17-21-6-4-5-7-24(21)33/h4-13,16,18,27,37H,3,14-15,17H2,1-2H3/b28-26+. The minimum absolute atomic E-state index is 0.00858. The molecule has 0 bridgehead atoms. The lowest BCUT2D eigenvalue weighted by Gasteiger charge is -2.22. The van der Waals surface area contributed by atoms with Gasteiger partial charge in [-0.05, 0) is 66.4 Å². The van der Waals surface area contributed by atoms with Gasteiger partial charge in [0.1, 0.15) is 29.2 Å². The molecular formula is C32H28FN3O5S2. The number of Topliss-reactive ketones (excluding diaryl/α,β-unsaturated/α-hetero) is 1. The molecule has 2 aliphatic rings. The van der Waals surface area contributed by atoms with Crippen molar-refractivity contribution in [3.63, 3.8) is 0 Å². The first-order chi connectivity index (χ1) is 20.8. The average molecular weight is 618 g/mol. The summed E-state index contributed by atoms with van der Waals surface area (Å²) in [5, 5.41) is 20.2. The highest BCUT2D eigenvalue weighted by molar-refractivity contribution is 8.00. The van der Waals surface area contributed by atoms with E-state index >= 15 is 0 Å². The minimum Gasteiger partial charge on any atom is -0.507 e. The average Bonchev–Trinajstić information content (AvgIpc) is 3.70. The minimum atomic E-state index is -0.957. The number of aromatic nitrogens is 2. The number of nitrogens with zero attached hydrogens (tertiary/aromatic N) is 3. The van der Waals surface area contributed by atoms with Gasteiger partial charge in [-0.25, -0.2) is 4.39 Å². The van der Waals surface area contributed by atoms with Crippen molar-refractivity contribution in [2.75, 3.05) is 11.5 Å². The van der Waals surface area contributed by atoms with Gasteiger partial charge in [-0.3, -0.25) is 14.5 Å². The van der Waals surface area contributed by atoms with E-state index in [0.717, 1.165) is 29.1 Å². The third-order valence-electron chi connectivity index (χ3n) is 7.19. The van der Waals surface area contributed by atoms with Crippen LogP contribution < -0.4 is 14.4 Å². The SMILES string of the molecule is CCCOc1ccc(C2/C(=C(\O)c3ccc4c(c3)CC(C)O4)C(=O)C(=O)N2c2nnc(SCc3ccccc3F)s2)cc1. The zero-order chi connectivity index (χ0) is 30.1. The molecule has 0 saturated carbocycles. The number of hydrogen-bond acceptors (Lipinski definition) is 9. The highest BCUT2D eigenvalue weighted by Crippen LogP contribution is 2.45. The second-order valence-electron chi connectivity index (χ2n) is 10.3. The largest absolute Gasteiger partial charge is 0.507 e. The molecule has 1 aromatic heterocycles. The summed E-state index contributed by atoms with van der Waals surface area (Å²) in [5.41, 5.74) is 2.40. The molecule has 8 nitrogen and oxygen atoms in total. The number of hydrogen-bond donors (Lipinski definition) is 1. The summed E-state index contributed by atoms with van der Waals surface area (Å²) >= 11 is 2.41. The van der Waals surface area contributed by atoms with Crippen molar-refractivity contribution in [2.45, 2.75) is 48.9 Å². The zero-order valence-corrected chi connectivity index (χ0v) is 25.1. The number of rotatable bonds is 9. The van der Waals surface area contributed by atoms with Crippen molar-refractivity contribution in [3.05, 3.63) is 100 Å². The number of halogens is 1. The third-order valence-corrected chi connectivity index (χ3v) is 9.30. The van der Waals surface area contributed by atoms with Crippen LogP contribution in [-0.2, 0) is 21.8 Å². The van der Waals surface area contributed by atoms with Crippen molar-refractivity contribution < 1.29 is 28.6 Å². The lowest BCUT2D eigenvalue weighted by atomic mass is 9.94. The lowest BCUT2D eigenvalue weighted by molar-refractivity contribution is -0.132. The summed E-state index contributed by atoms with van der Waals surface area (Å²) in [6, 6.07) is 17.9. The molecule has 6 rings (SSSR count). The highest BCUT2D eigenvalue weighted by atomic mass is 32.2. The molecule has 0 spiro atoms. The van der Waals surface area contributed by atoms with Crippen molar-refractivity contribution in [2.24, 2.45) is 0 Å². The van der Waals surface area contributed by atoms with Crippen LogP contribution in [0, 0.1) is 5.82 Å². The van der Waals surface area contributed by atoms with Gasteiger partial charge in [0.25, 0.3) is 5.78 Å². The fourth-order valence-corrected chi connectivity index (χ4v) is 7.00. The van der Waals surface area contributed by atoms with Gasteiger partial charge in [-0.2, -0.15) is 0 Å². The van der Waals surface area contributed by atoms with E-state index in [2.05, 4.69) is 10.2 Å². The molecule has 4 aromatic rings. The van der Waals surface area contributed by atoms with Gasteiger partial charge in [0.15, 0.2) is 4.34 Å². The number of carbonyl (C=O) groups excluding carboxylic acids is 2. The normalized spacial score (nSPS) is 19.0. The maximum Gasteiger partial charge on any atom is 0.301 e. The van der Waals surface area contributed by atoms with Crippen molar-refractivity contribution in [1.82, 2.24) is 10.2 Å². The first-order valence-corrected chi connectivity index (χ1v) is 15.7. The van der Waals surface area contributed by atoms with E-state index in [1.807, 2.05) is 13.8 Å². The number of amides is 1. The second-order valence-corrected chi connectivity index (χ2v) is 12.5. The Kier molecular flexibility index (Phi) is 8.18. The van der Waals surface area contributed by atoms with Gasteiger partial charge in [-0.1, -0.05) is 60.4 Å². The summed E-state index contributed by atoms with van der Waals surface area (Å²) < 4.78 is 26.2. The molecule has 11 heteroatoms. The predicted molar refractivity (Wildman–Crippen MR) is 163 cm³/mol. The molecular weight excluding hydrogens is 590 g/mol. The van der Waals surface area contributed by atoms with Gasteiger partial charge >= 0.3 is 5.91 Å². The molecule has 1 fully saturated rings. The quantitative estimate of drug-likeness (QED) is 0.0727. The maximum absolute atomic E-state index is 14.1. The molecule has 1 N–H and O–H groups in total. The Morgan fingerprint density at radius 1 is 1.14 bits per heavy atom. The van der Waals surface area contributed by atoms with Crippen LogP contribution in [0.15, 0.2) is 76.6 Å². The van der Waals surface area contributed by atoms with Crippen LogP contribution in [0.5, 0.6) is 11.5 Å². The fourth-order valence-electron chi connectivity index (χ4n) is 5.15. The van der Waals surface area contributed by atoms with Crippen molar-refractivity contribution in [1.29, 1.82) is 0 Å². The topological polar surface area (TPSA) is 102 Å². The maximum atomic E-state index is 14.1. The zero-order valence-electron chi connectivity index (χ0n) is 23.5. The van der Waals surface area contributed by atoms with E-state index in [0.29, 0.717) is 45.6 Å². The number of carbonyl (C=O) groups is 2. The van der Waals surface area contributed by atoms with Gasteiger partial charge < -0.3 is 14.6 Å². The Hall–Kier alpha value is -4.22. The first kappa shape index (κ1) is 28.9. The Morgan fingerprint density at radius 2 is 1.93 bits per heavy atom. The van der Waals surface area contributed by atoms with E-state index < -0.39 is 17.7 Å². The highest BCUT2D eigenvalue weighted by Gasteiger charge is 2.48. The Balaban J connectivity index is 1.38. The van der Waals surface area contributed by atoms with Crippen LogP contribution >= 0.6 is 23.1 Å². The Bertz CT molecular complexity index is 1720. The smallest absolute Gasteiger partial charge is 0.301 e. The number of fused-ring (bicyclic) bond motifs is 1. The molecule has 2 atom stereocenters. The molecule has 1 amide bonds. The van der Waals surface area contributed by atoms with Crippen molar-refractivity contribution >= 4 is 45.7 Å². The van der Waals surface area contributed by atoms with E-state index in [9.17, 15) is 19.1 Å². The number of anilines is 1. The molecule has 1 saturated heterocycles. The molecule has 220 valence electrons. The summed E-state index contributed by atoms with van der Waals surface area (Å²) in [5.74, 6) is -0.533. The summed E-state index contributed by atoms with van der Waals surface area (Å²) in [6.07, 6.45) is 1.53. The summed E-state index contributed by atoms with van der Waals surface area (Å²) in [4.78, 5) is 28.4. The number of thioether (sulfide) groups is 1. The van der Waals surface area contributed by atoms with Crippen LogP contribution in [0.25, 0.3) is 5.76 Å². The van der Waals surface area contributed by atoms with Crippen LogP contribution in [0.2, 0.25) is 0 Å². The van der Waals surface area contributed by atoms with E-state index in [-0.39, 0.29) is 28.4 Å². The van der Waals surface area contributed by atoms with Crippen LogP contribution in [0.4, 0.5) is 9.52 Å². The number of aliphatic hydroxyl groups is 1. The monoisotopic (exact) mass is 617 g/mol. The first-order valence-electron chi connectivity index (χ1n) is 13.9. The van der Waals surface area contributed by atoms with Gasteiger partial charge in [0.05, 0.1) is 18.2 Å². The van der Waals surface area contributed by atoms with E-state index in [1.165, 1.54) is 22.7 Å². The Labute approximate surface area is 256 Å². The molecule has 2 aliphatic heterocycles. The van der Waals surface area contributed by atoms with E-state index in [1.54, 1.807) is 60.7 Å². The second kappa shape index (κ2) is 12.2. The summed E-state index contributed by atoms with van der Waals surface area (Å²) in [7, 11) is 0. The molecule has 3 aromatic carbocycles. The molecule has 0 aliphatic carbocycles. The van der Waals surface area contributed by atoms with Gasteiger partial charge in [0, 0.05) is 17.7 Å². The number of ether oxygens (including phenoxy) is 2. The van der Waals surface area contributed by atoms with Crippen LogP contribution in [0.3, 0.4) is 0 Å². The van der Waals surface area contributed by atoms with E-state index in [4.69, 9.17) is 9.47 Å². The van der Waals surface area contributed by atoms with Crippen molar-refractivity contribution in [3.8, 4) is 11.5 Å². The fraction of sp³-hybridized carbons (Fsp3) is 0.250. The van der Waals surface area contributed by atoms with Gasteiger partial charge in [-0.15, -0.1) is 10.2 Å². The number of aliphatic hydroxyl groups excluding tert-OH is 1. The van der Waals surface area contributed by atoms with Crippen LogP contribution in [0.1, 0.15) is 48.6 Å². The third kappa shape index (κ3) is 5.74. The number of ketones is 1.